The second-order valence-corrected chi connectivity index (χ2v) is 12.2. The van der Waals surface area contributed by atoms with Crippen LogP contribution in [0.4, 0.5) is 4.79 Å². The summed E-state index contributed by atoms with van der Waals surface area (Å²) in [7, 11) is 1.24. The molecule has 232 valence electrons. The van der Waals surface area contributed by atoms with Crippen LogP contribution in [0.1, 0.15) is 68.6 Å². The number of esters is 1. The highest BCUT2D eigenvalue weighted by Gasteiger charge is 2.35. The van der Waals surface area contributed by atoms with E-state index in [1.165, 1.54) is 7.11 Å². The van der Waals surface area contributed by atoms with E-state index in [2.05, 4.69) is 16.0 Å². The van der Waals surface area contributed by atoms with Crippen molar-refractivity contribution in [1.29, 1.82) is 0 Å². The fourth-order valence-corrected chi connectivity index (χ4v) is 6.30. The maximum Gasteiger partial charge on any atom is 0.408 e. The Labute approximate surface area is 262 Å². The van der Waals surface area contributed by atoms with Gasteiger partial charge in [0.1, 0.15) is 18.2 Å². The van der Waals surface area contributed by atoms with Crippen LogP contribution >= 0.6 is 23.2 Å². The van der Waals surface area contributed by atoms with Gasteiger partial charge in [0.25, 0.3) is 0 Å². The maximum atomic E-state index is 13.6. The Morgan fingerprint density at radius 3 is 2.30 bits per heavy atom. The monoisotopic (exact) mass is 631 g/mol. The van der Waals surface area contributed by atoms with Gasteiger partial charge in [0.2, 0.25) is 11.8 Å². The van der Waals surface area contributed by atoms with Crippen LogP contribution < -0.4 is 16.0 Å². The molecule has 9 nitrogen and oxygen atoms in total. The van der Waals surface area contributed by atoms with Gasteiger partial charge in [-0.3, -0.25) is 9.59 Å². The van der Waals surface area contributed by atoms with Crippen LogP contribution in [0.3, 0.4) is 0 Å². The minimum absolute atomic E-state index is 0.112. The van der Waals surface area contributed by atoms with Crippen molar-refractivity contribution in [3.05, 3.63) is 69.7 Å². The summed E-state index contributed by atoms with van der Waals surface area (Å²) in [6.07, 6.45) is 5.08. The van der Waals surface area contributed by atoms with Crippen LogP contribution in [-0.4, -0.2) is 49.6 Å². The zero-order valence-corrected chi connectivity index (χ0v) is 25.8. The normalized spacial score (nSPS) is 19.0. The van der Waals surface area contributed by atoms with Gasteiger partial charge in [-0.25, -0.2) is 9.59 Å². The van der Waals surface area contributed by atoms with E-state index in [4.69, 9.17) is 32.7 Å². The molecule has 3 amide bonds. The van der Waals surface area contributed by atoms with Gasteiger partial charge in [-0.1, -0.05) is 79.6 Å². The van der Waals surface area contributed by atoms with E-state index in [1.807, 2.05) is 18.2 Å². The first-order chi connectivity index (χ1) is 20.7. The molecule has 43 heavy (non-hydrogen) atoms. The van der Waals surface area contributed by atoms with Crippen LogP contribution in [0, 0.1) is 11.8 Å². The van der Waals surface area contributed by atoms with E-state index >= 15 is 0 Å². The van der Waals surface area contributed by atoms with E-state index in [0.717, 1.165) is 37.7 Å². The van der Waals surface area contributed by atoms with Gasteiger partial charge in [0.15, 0.2) is 0 Å². The Hall–Kier alpha value is -3.30. The minimum atomic E-state index is -1.03. The molecule has 1 saturated carbocycles. The number of carbonyl (C=O) groups excluding carboxylic acids is 4. The number of benzene rings is 2. The quantitative estimate of drug-likeness (QED) is 0.265. The topological polar surface area (TPSA) is 123 Å². The number of nitrogens with one attached hydrogen (secondary N) is 3. The predicted octanol–water partition coefficient (Wildman–Crippen LogP) is 5.53. The first-order valence-corrected chi connectivity index (χ1v) is 15.6. The van der Waals surface area contributed by atoms with E-state index in [-0.39, 0.29) is 18.2 Å². The summed E-state index contributed by atoms with van der Waals surface area (Å²) in [5.41, 5.74) is 1.55. The number of amides is 3. The molecular formula is C32H39Cl2N3O6. The number of carbonyl (C=O) groups is 4. The SMILES string of the molecule is COC(=O)[C@H](C[C@@H]1CCNC1=O)NC(=O)[C@H](CC1CCCCC1)NC(=O)OC(Cc1cccc(Cl)c1)c1cccc(Cl)c1. The molecule has 4 rings (SSSR count). The lowest BCUT2D eigenvalue weighted by molar-refractivity contribution is -0.146. The summed E-state index contributed by atoms with van der Waals surface area (Å²) >= 11 is 12.4. The number of methoxy groups -OCH3 is 1. The molecule has 2 aliphatic rings. The van der Waals surface area contributed by atoms with Crippen LogP contribution in [0.2, 0.25) is 10.0 Å². The lowest BCUT2D eigenvalue weighted by atomic mass is 9.84. The highest BCUT2D eigenvalue weighted by Crippen LogP contribution is 2.29. The van der Waals surface area contributed by atoms with Gasteiger partial charge in [-0.05, 0) is 60.6 Å². The van der Waals surface area contributed by atoms with Gasteiger partial charge in [-0.2, -0.15) is 0 Å². The summed E-state index contributed by atoms with van der Waals surface area (Å²) in [5.74, 6) is -1.50. The summed E-state index contributed by atoms with van der Waals surface area (Å²) in [4.78, 5) is 51.8. The molecule has 0 radical (unpaired) electrons. The van der Waals surface area contributed by atoms with Crippen LogP contribution in [0.5, 0.6) is 0 Å². The molecule has 2 fully saturated rings. The number of alkyl carbamates (subject to hydrolysis) is 1. The average molecular weight is 633 g/mol. The number of rotatable bonds is 12. The second kappa shape index (κ2) is 16.0. The lowest BCUT2D eigenvalue weighted by Gasteiger charge is -2.28. The van der Waals surface area contributed by atoms with Gasteiger partial charge >= 0.3 is 12.1 Å². The number of hydrogen-bond acceptors (Lipinski definition) is 6. The second-order valence-electron chi connectivity index (χ2n) is 11.3. The summed E-state index contributed by atoms with van der Waals surface area (Å²) < 4.78 is 10.9. The Bertz CT molecular complexity index is 1290. The molecule has 1 aliphatic carbocycles. The predicted molar refractivity (Wildman–Crippen MR) is 164 cm³/mol. The van der Waals surface area contributed by atoms with E-state index in [0.29, 0.717) is 41.4 Å². The highest BCUT2D eigenvalue weighted by molar-refractivity contribution is 6.30. The highest BCUT2D eigenvalue weighted by atomic mass is 35.5. The van der Waals surface area contributed by atoms with Gasteiger partial charge in [-0.15, -0.1) is 0 Å². The molecular weight excluding hydrogens is 593 g/mol. The molecule has 1 unspecified atom stereocenters. The van der Waals surface area contributed by atoms with Crippen molar-refractivity contribution in [2.24, 2.45) is 11.8 Å². The molecule has 2 aromatic carbocycles. The Kier molecular flexibility index (Phi) is 12.1. The van der Waals surface area contributed by atoms with Crippen LogP contribution in [-0.2, 0) is 30.3 Å². The smallest absolute Gasteiger partial charge is 0.408 e. The van der Waals surface area contributed by atoms with E-state index in [1.54, 1.807) is 30.3 Å². The van der Waals surface area contributed by atoms with E-state index < -0.39 is 42.1 Å². The molecule has 0 aromatic heterocycles. The van der Waals surface area contributed by atoms with Crippen molar-refractivity contribution in [3.63, 3.8) is 0 Å². The fraction of sp³-hybridized carbons (Fsp3) is 0.500. The molecule has 2 aromatic rings. The summed E-state index contributed by atoms with van der Waals surface area (Å²) in [6, 6.07) is 12.4. The van der Waals surface area contributed by atoms with Crippen molar-refractivity contribution >= 4 is 47.1 Å². The molecule has 0 bridgehead atoms. The minimum Gasteiger partial charge on any atom is -0.467 e. The standard InChI is InChI=1S/C32H39Cl2N3O6/c1-42-31(40)27(19-23-13-14-35-29(23)38)36-30(39)26(16-20-7-3-2-4-8-20)37-32(41)43-28(22-10-6-12-25(34)18-22)17-21-9-5-11-24(33)15-21/h5-6,9-12,15,18,20,23,26-28H,2-4,7-8,13-14,16-17,19H2,1H3,(H,35,38)(H,36,39)(H,37,41)/t23-,26-,27-,28?/m0/s1. The van der Waals surface area contributed by atoms with Gasteiger partial charge in [0, 0.05) is 28.9 Å². The van der Waals surface area contributed by atoms with Crippen molar-refractivity contribution < 1.29 is 28.7 Å². The molecule has 11 heteroatoms. The van der Waals surface area contributed by atoms with Gasteiger partial charge < -0.3 is 25.4 Å². The number of ether oxygens (including phenoxy) is 2. The largest absolute Gasteiger partial charge is 0.467 e. The van der Waals surface area contributed by atoms with E-state index in [9.17, 15) is 19.2 Å². The maximum absolute atomic E-state index is 13.6. The zero-order valence-electron chi connectivity index (χ0n) is 24.3. The molecule has 1 aliphatic heterocycles. The van der Waals surface area contributed by atoms with Crippen molar-refractivity contribution in [1.82, 2.24) is 16.0 Å². The Morgan fingerprint density at radius 2 is 1.65 bits per heavy atom. The summed E-state index contributed by atoms with van der Waals surface area (Å²) in [5, 5.41) is 9.34. The van der Waals surface area contributed by atoms with Crippen LogP contribution in [0.15, 0.2) is 48.5 Å². The van der Waals surface area contributed by atoms with Gasteiger partial charge in [0.05, 0.1) is 7.11 Å². The average Bonchev–Trinajstić information content (AvgIpc) is 3.40. The fourth-order valence-electron chi connectivity index (χ4n) is 5.89. The first-order valence-electron chi connectivity index (χ1n) is 14.8. The molecule has 1 saturated heterocycles. The molecule has 0 spiro atoms. The van der Waals surface area contributed by atoms with Crippen molar-refractivity contribution in [2.45, 2.75) is 76.0 Å². The zero-order chi connectivity index (χ0) is 30.8. The third-order valence-corrected chi connectivity index (χ3v) is 8.64. The Morgan fingerprint density at radius 1 is 0.930 bits per heavy atom. The third kappa shape index (κ3) is 9.86. The Balaban J connectivity index is 1.51. The number of hydrogen-bond donors (Lipinski definition) is 3. The number of halogens is 2. The molecule has 1 heterocycles. The third-order valence-electron chi connectivity index (χ3n) is 8.17. The van der Waals surface area contributed by atoms with Crippen molar-refractivity contribution in [2.75, 3.05) is 13.7 Å². The first kappa shape index (κ1) is 32.6. The van der Waals surface area contributed by atoms with Crippen LogP contribution in [0.25, 0.3) is 0 Å². The molecule has 4 atom stereocenters. The summed E-state index contributed by atoms with van der Waals surface area (Å²) in [6.45, 7) is 0.520. The lowest BCUT2D eigenvalue weighted by Crippen LogP contribution is -2.53. The van der Waals surface area contributed by atoms with Crippen molar-refractivity contribution in [3.8, 4) is 0 Å². The molecule has 3 N–H and O–H groups in total.